The van der Waals surface area contributed by atoms with Crippen LogP contribution in [0.3, 0.4) is 0 Å². The second-order valence-corrected chi connectivity index (χ2v) is 8.24. The number of nitrogens with one attached hydrogen (secondary N) is 2. The highest BCUT2D eigenvalue weighted by Gasteiger charge is 2.16. The number of aryl methyl sites for hydroxylation is 1. The fourth-order valence-corrected chi connectivity index (χ4v) is 3.98. The number of amides is 1. The number of carbonyl (C=O) groups excluding carboxylic acids is 1. The molecule has 1 atom stereocenters. The zero-order chi connectivity index (χ0) is 20.1. The first-order valence-electron chi connectivity index (χ1n) is 8.91. The number of carbonyl (C=O) groups is 1. The third kappa shape index (κ3) is 4.58. The van der Waals surface area contributed by atoms with Crippen molar-refractivity contribution in [1.29, 1.82) is 0 Å². The Kier molecular flexibility index (Phi) is 5.80. The van der Waals surface area contributed by atoms with Gasteiger partial charge in [-0.2, -0.15) is 0 Å². The quantitative estimate of drug-likeness (QED) is 0.655. The molecule has 0 radical (unpaired) electrons. The van der Waals surface area contributed by atoms with E-state index in [1.165, 1.54) is 12.1 Å². The summed E-state index contributed by atoms with van der Waals surface area (Å²) in [5, 5.41) is 2.96. The van der Waals surface area contributed by atoms with Crippen LogP contribution in [0.15, 0.2) is 83.8 Å². The normalized spacial score (nSPS) is 12.2. The van der Waals surface area contributed by atoms with Crippen molar-refractivity contribution in [2.45, 2.75) is 24.8 Å². The predicted octanol–water partition coefficient (Wildman–Crippen LogP) is 4.29. The number of sulfonamides is 1. The van der Waals surface area contributed by atoms with E-state index in [9.17, 15) is 13.2 Å². The largest absolute Gasteiger partial charge is 0.346 e. The van der Waals surface area contributed by atoms with E-state index in [2.05, 4.69) is 10.0 Å². The van der Waals surface area contributed by atoms with Gasteiger partial charge in [-0.15, -0.1) is 0 Å². The third-order valence-electron chi connectivity index (χ3n) is 4.43. The fourth-order valence-electron chi connectivity index (χ4n) is 2.83. The summed E-state index contributed by atoms with van der Waals surface area (Å²) in [6, 6.07) is 22.6. The lowest BCUT2D eigenvalue weighted by molar-refractivity contribution is 0.0940. The molecule has 0 fully saturated rings. The van der Waals surface area contributed by atoms with E-state index < -0.39 is 10.0 Å². The van der Waals surface area contributed by atoms with E-state index in [1.807, 2.05) is 37.3 Å². The van der Waals surface area contributed by atoms with Crippen molar-refractivity contribution in [3.8, 4) is 0 Å². The van der Waals surface area contributed by atoms with Crippen LogP contribution in [0.2, 0.25) is 0 Å². The minimum Gasteiger partial charge on any atom is -0.346 e. The van der Waals surface area contributed by atoms with Crippen molar-refractivity contribution in [3.63, 3.8) is 0 Å². The van der Waals surface area contributed by atoms with Crippen LogP contribution in [0.1, 0.15) is 34.5 Å². The average Bonchev–Trinajstić information content (AvgIpc) is 2.70. The molecule has 0 bridgehead atoms. The smallest absolute Gasteiger partial charge is 0.261 e. The molecule has 3 aromatic rings. The summed E-state index contributed by atoms with van der Waals surface area (Å²) >= 11 is 0. The topological polar surface area (TPSA) is 75.3 Å². The van der Waals surface area contributed by atoms with Gasteiger partial charge >= 0.3 is 0 Å². The molecule has 0 saturated heterocycles. The molecule has 5 nitrogen and oxygen atoms in total. The van der Waals surface area contributed by atoms with Crippen molar-refractivity contribution in [2.75, 3.05) is 4.72 Å². The van der Waals surface area contributed by atoms with Crippen molar-refractivity contribution in [1.82, 2.24) is 5.32 Å². The molecule has 6 heteroatoms. The van der Waals surface area contributed by atoms with E-state index in [0.717, 1.165) is 5.56 Å². The minimum absolute atomic E-state index is 0.134. The number of benzene rings is 3. The highest BCUT2D eigenvalue weighted by Crippen LogP contribution is 2.21. The fraction of sp³-hybridized carbons (Fsp3) is 0.136. The summed E-state index contributed by atoms with van der Waals surface area (Å²) in [4.78, 5) is 12.7. The molecule has 0 unspecified atom stereocenters. The lowest BCUT2D eigenvalue weighted by Crippen LogP contribution is -2.26. The number of rotatable bonds is 6. The Morgan fingerprint density at radius 1 is 0.893 bits per heavy atom. The van der Waals surface area contributed by atoms with Crippen LogP contribution in [0, 0.1) is 6.92 Å². The van der Waals surface area contributed by atoms with Crippen LogP contribution in [0.5, 0.6) is 0 Å². The molecule has 0 aromatic heterocycles. The SMILES string of the molecule is Cc1cc(C(=O)N[C@@H](C)c2ccccc2)ccc1NS(=O)(=O)c1ccccc1. The summed E-state index contributed by atoms with van der Waals surface area (Å²) in [5.74, 6) is -0.211. The molecule has 1 amide bonds. The van der Waals surface area contributed by atoms with Crippen LogP contribution in [-0.4, -0.2) is 14.3 Å². The van der Waals surface area contributed by atoms with Gasteiger partial charge in [0.1, 0.15) is 0 Å². The van der Waals surface area contributed by atoms with Crippen molar-refractivity contribution in [2.24, 2.45) is 0 Å². The Balaban J connectivity index is 1.74. The number of hydrogen-bond donors (Lipinski definition) is 2. The summed E-state index contributed by atoms with van der Waals surface area (Å²) in [5.41, 5.74) is 2.60. The molecule has 0 saturated carbocycles. The molecule has 0 aliphatic heterocycles. The van der Waals surface area contributed by atoms with Gasteiger partial charge in [0.15, 0.2) is 0 Å². The second-order valence-electron chi connectivity index (χ2n) is 6.55. The Morgan fingerprint density at radius 3 is 2.11 bits per heavy atom. The molecule has 0 spiro atoms. The highest BCUT2D eigenvalue weighted by molar-refractivity contribution is 7.92. The lowest BCUT2D eigenvalue weighted by atomic mass is 10.1. The van der Waals surface area contributed by atoms with Gasteiger partial charge < -0.3 is 5.32 Å². The predicted molar refractivity (Wildman–Crippen MR) is 111 cm³/mol. The highest BCUT2D eigenvalue weighted by atomic mass is 32.2. The molecule has 0 aliphatic rings. The standard InChI is InChI=1S/C22H22N2O3S/c1-16-15-19(22(25)23-17(2)18-9-5-3-6-10-18)13-14-21(16)24-28(26,27)20-11-7-4-8-12-20/h3-15,17,24H,1-2H3,(H,23,25)/t17-/m0/s1. The van der Waals surface area contributed by atoms with Crippen LogP contribution < -0.4 is 10.0 Å². The Hall–Kier alpha value is -3.12. The third-order valence-corrected chi connectivity index (χ3v) is 5.82. The van der Waals surface area contributed by atoms with Crippen LogP contribution in [0.4, 0.5) is 5.69 Å². The van der Waals surface area contributed by atoms with Crippen molar-refractivity contribution in [3.05, 3.63) is 95.6 Å². The van der Waals surface area contributed by atoms with Gasteiger partial charge in [0, 0.05) is 5.56 Å². The number of hydrogen-bond acceptors (Lipinski definition) is 3. The zero-order valence-electron chi connectivity index (χ0n) is 15.7. The van der Waals surface area contributed by atoms with E-state index in [0.29, 0.717) is 16.8 Å². The second kappa shape index (κ2) is 8.27. The van der Waals surface area contributed by atoms with E-state index in [1.54, 1.807) is 43.3 Å². The average molecular weight is 394 g/mol. The van der Waals surface area contributed by atoms with Gasteiger partial charge in [-0.25, -0.2) is 8.42 Å². The van der Waals surface area contributed by atoms with Crippen LogP contribution >= 0.6 is 0 Å². The molecule has 28 heavy (non-hydrogen) atoms. The maximum absolute atomic E-state index is 12.5. The molecular weight excluding hydrogens is 372 g/mol. The Labute approximate surface area is 165 Å². The van der Waals surface area contributed by atoms with Gasteiger partial charge in [0.25, 0.3) is 15.9 Å². The first-order valence-corrected chi connectivity index (χ1v) is 10.4. The molecular formula is C22H22N2O3S. The molecule has 0 heterocycles. The summed E-state index contributed by atoms with van der Waals surface area (Å²) < 4.78 is 27.5. The molecule has 3 aromatic carbocycles. The Morgan fingerprint density at radius 2 is 1.50 bits per heavy atom. The minimum atomic E-state index is -3.67. The van der Waals surface area contributed by atoms with Gasteiger partial charge in [0.2, 0.25) is 0 Å². The van der Waals surface area contributed by atoms with Crippen molar-refractivity contribution >= 4 is 21.6 Å². The van der Waals surface area contributed by atoms with E-state index in [4.69, 9.17) is 0 Å². The number of anilines is 1. The van der Waals surface area contributed by atoms with E-state index >= 15 is 0 Å². The van der Waals surface area contributed by atoms with Gasteiger partial charge in [-0.1, -0.05) is 48.5 Å². The first kappa shape index (κ1) is 19.6. The van der Waals surface area contributed by atoms with Crippen LogP contribution in [0.25, 0.3) is 0 Å². The zero-order valence-corrected chi connectivity index (χ0v) is 16.5. The van der Waals surface area contributed by atoms with Crippen LogP contribution in [-0.2, 0) is 10.0 Å². The van der Waals surface area contributed by atoms with E-state index in [-0.39, 0.29) is 16.8 Å². The monoisotopic (exact) mass is 394 g/mol. The maximum Gasteiger partial charge on any atom is 0.261 e. The Bertz CT molecular complexity index is 1070. The summed E-state index contributed by atoms with van der Waals surface area (Å²) in [7, 11) is -3.67. The molecule has 0 aliphatic carbocycles. The maximum atomic E-state index is 12.5. The molecule has 3 rings (SSSR count). The lowest BCUT2D eigenvalue weighted by Gasteiger charge is -2.15. The van der Waals surface area contributed by atoms with Crippen molar-refractivity contribution < 1.29 is 13.2 Å². The van der Waals surface area contributed by atoms with Gasteiger partial charge in [-0.05, 0) is 55.3 Å². The first-order chi connectivity index (χ1) is 13.4. The molecule has 144 valence electrons. The summed E-state index contributed by atoms with van der Waals surface area (Å²) in [6.07, 6.45) is 0. The van der Waals surface area contributed by atoms with Gasteiger partial charge in [-0.3, -0.25) is 9.52 Å². The molecule has 2 N–H and O–H groups in total. The van der Waals surface area contributed by atoms with Gasteiger partial charge in [0.05, 0.1) is 16.6 Å². The summed E-state index contributed by atoms with van der Waals surface area (Å²) in [6.45, 7) is 3.68.